The molecule has 1 unspecified atom stereocenters. The highest BCUT2D eigenvalue weighted by Crippen LogP contribution is 2.18. The lowest BCUT2D eigenvalue weighted by molar-refractivity contribution is -0.145. The van der Waals surface area contributed by atoms with Gasteiger partial charge in [0.05, 0.1) is 0 Å². The molecular formula is C18H24N2O5. The Labute approximate surface area is 147 Å². The van der Waals surface area contributed by atoms with Crippen LogP contribution < -0.4 is 4.74 Å². The van der Waals surface area contributed by atoms with Crippen molar-refractivity contribution < 1.29 is 24.2 Å². The van der Waals surface area contributed by atoms with E-state index in [1.165, 1.54) is 11.8 Å². The number of carboxylic acids is 1. The van der Waals surface area contributed by atoms with Crippen LogP contribution in [-0.2, 0) is 14.4 Å². The number of nitrogens with zero attached hydrogens (tertiary/aromatic N) is 2. The van der Waals surface area contributed by atoms with Crippen molar-refractivity contribution in [1.29, 1.82) is 0 Å². The first-order valence-electron chi connectivity index (χ1n) is 8.42. The third-order valence-electron chi connectivity index (χ3n) is 4.31. The molecule has 2 rings (SSSR count). The van der Waals surface area contributed by atoms with Crippen molar-refractivity contribution in [2.45, 2.75) is 32.2 Å². The smallest absolute Gasteiger partial charge is 0.323 e. The third kappa shape index (κ3) is 5.77. The topological polar surface area (TPSA) is 87.2 Å². The monoisotopic (exact) mass is 348 g/mol. The number of rotatable bonds is 6. The number of carbonyl (C=O) groups excluding carboxylic acids is 2. The molecule has 0 radical (unpaired) electrons. The summed E-state index contributed by atoms with van der Waals surface area (Å²) in [4.78, 5) is 38.1. The molecular weight excluding hydrogens is 324 g/mol. The molecule has 7 heteroatoms. The summed E-state index contributed by atoms with van der Waals surface area (Å²) < 4.78 is 5.49. The van der Waals surface area contributed by atoms with Crippen LogP contribution in [-0.4, -0.2) is 65.0 Å². The zero-order valence-corrected chi connectivity index (χ0v) is 14.4. The Morgan fingerprint density at radius 1 is 1.20 bits per heavy atom. The van der Waals surface area contributed by atoms with Gasteiger partial charge in [0.25, 0.3) is 5.91 Å². The number of ether oxygens (including phenoxy) is 1. The molecule has 0 saturated carbocycles. The van der Waals surface area contributed by atoms with Crippen LogP contribution in [0.1, 0.15) is 26.2 Å². The van der Waals surface area contributed by atoms with Crippen molar-refractivity contribution in [3.05, 3.63) is 30.3 Å². The minimum atomic E-state index is -1.02. The van der Waals surface area contributed by atoms with Gasteiger partial charge in [0.2, 0.25) is 5.91 Å². The van der Waals surface area contributed by atoms with E-state index in [-0.39, 0.29) is 31.0 Å². The maximum absolute atomic E-state index is 12.3. The highest BCUT2D eigenvalue weighted by atomic mass is 16.5. The second-order valence-corrected chi connectivity index (χ2v) is 6.11. The molecule has 1 atom stereocenters. The first kappa shape index (κ1) is 18.8. The molecule has 1 aliphatic rings. The normalized spacial score (nSPS) is 17.5. The molecule has 1 aromatic carbocycles. The molecule has 1 saturated heterocycles. The minimum absolute atomic E-state index is 0.0276. The van der Waals surface area contributed by atoms with Gasteiger partial charge in [0, 0.05) is 26.1 Å². The highest BCUT2D eigenvalue weighted by Gasteiger charge is 2.27. The van der Waals surface area contributed by atoms with Crippen LogP contribution in [0.2, 0.25) is 0 Å². The van der Waals surface area contributed by atoms with Crippen LogP contribution in [0, 0.1) is 0 Å². The lowest BCUT2D eigenvalue weighted by Gasteiger charge is -2.28. The Balaban J connectivity index is 1.88. The molecule has 1 aromatic rings. The van der Waals surface area contributed by atoms with E-state index >= 15 is 0 Å². The molecule has 1 N–H and O–H groups in total. The van der Waals surface area contributed by atoms with Crippen LogP contribution in [0.25, 0.3) is 0 Å². The van der Waals surface area contributed by atoms with Gasteiger partial charge in [-0.15, -0.1) is 0 Å². The summed E-state index contributed by atoms with van der Waals surface area (Å²) in [5.41, 5.74) is 0. The number of carbonyl (C=O) groups is 3. The predicted molar refractivity (Wildman–Crippen MR) is 91.2 cm³/mol. The van der Waals surface area contributed by atoms with Gasteiger partial charge in [-0.2, -0.15) is 0 Å². The van der Waals surface area contributed by atoms with Gasteiger partial charge in [-0.25, -0.2) is 0 Å². The van der Waals surface area contributed by atoms with Crippen molar-refractivity contribution in [1.82, 2.24) is 9.80 Å². The SMILES string of the molecule is CC(=O)N(CC(=O)O)C1CCCN(C(=O)COc2ccccc2)CC1. The van der Waals surface area contributed by atoms with E-state index in [1.54, 1.807) is 17.0 Å². The fourth-order valence-electron chi connectivity index (χ4n) is 3.04. The zero-order valence-electron chi connectivity index (χ0n) is 14.4. The zero-order chi connectivity index (χ0) is 18.2. The van der Waals surface area contributed by atoms with Gasteiger partial charge < -0.3 is 19.6 Å². The van der Waals surface area contributed by atoms with Gasteiger partial charge in [0.15, 0.2) is 6.61 Å². The lowest BCUT2D eigenvalue weighted by atomic mass is 10.1. The van der Waals surface area contributed by atoms with Crippen LogP contribution in [0.4, 0.5) is 0 Å². The van der Waals surface area contributed by atoms with Crippen molar-refractivity contribution in [3.8, 4) is 5.75 Å². The number of hydrogen-bond acceptors (Lipinski definition) is 4. The quantitative estimate of drug-likeness (QED) is 0.839. The van der Waals surface area contributed by atoms with Gasteiger partial charge in [-0.1, -0.05) is 18.2 Å². The van der Waals surface area contributed by atoms with Gasteiger partial charge in [-0.3, -0.25) is 14.4 Å². The average molecular weight is 348 g/mol. The van der Waals surface area contributed by atoms with Crippen LogP contribution >= 0.6 is 0 Å². The second-order valence-electron chi connectivity index (χ2n) is 6.11. The predicted octanol–water partition coefficient (Wildman–Crippen LogP) is 1.38. The number of likely N-dealkylation sites (tertiary alicyclic amines) is 1. The molecule has 2 amide bonds. The van der Waals surface area contributed by atoms with E-state index in [2.05, 4.69) is 0 Å². The molecule has 136 valence electrons. The molecule has 1 fully saturated rings. The molecule has 1 heterocycles. The summed E-state index contributed by atoms with van der Waals surface area (Å²) in [5.74, 6) is -0.729. The molecule has 0 spiro atoms. The Morgan fingerprint density at radius 3 is 2.56 bits per heavy atom. The molecule has 0 aliphatic carbocycles. The molecule has 1 aliphatic heterocycles. The van der Waals surface area contributed by atoms with E-state index in [0.29, 0.717) is 31.7 Å². The summed E-state index contributed by atoms with van der Waals surface area (Å²) in [7, 11) is 0. The maximum atomic E-state index is 12.3. The fourth-order valence-corrected chi connectivity index (χ4v) is 3.04. The van der Waals surface area contributed by atoms with Gasteiger partial charge >= 0.3 is 5.97 Å². The first-order chi connectivity index (χ1) is 12.0. The minimum Gasteiger partial charge on any atom is -0.484 e. The summed E-state index contributed by atoms with van der Waals surface area (Å²) in [6.45, 7) is 2.13. The first-order valence-corrected chi connectivity index (χ1v) is 8.42. The summed E-state index contributed by atoms with van der Waals surface area (Å²) >= 11 is 0. The van der Waals surface area contributed by atoms with Crippen molar-refractivity contribution >= 4 is 17.8 Å². The Morgan fingerprint density at radius 2 is 1.92 bits per heavy atom. The van der Waals surface area contributed by atoms with Crippen molar-refractivity contribution in [3.63, 3.8) is 0 Å². The summed E-state index contributed by atoms with van der Waals surface area (Å²) in [6.07, 6.45) is 1.99. The van der Waals surface area contributed by atoms with Crippen LogP contribution in [0.15, 0.2) is 30.3 Å². The Hall–Kier alpha value is -2.57. The fraction of sp³-hybridized carbons (Fsp3) is 0.500. The van der Waals surface area contributed by atoms with E-state index in [1.807, 2.05) is 18.2 Å². The molecule has 25 heavy (non-hydrogen) atoms. The lowest BCUT2D eigenvalue weighted by Crippen LogP contribution is -2.43. The third-order valence-corrected chi connectivity index (χ3v) is 4.31. The Kier molecular flexibility index (Phi) is 6.80. The Bertz CT molecular complexity index is 605. The van der Waals surface area contributed by atoms with E-state index in [9.17, 15) is 14.4 Å². The molecule has 7 nitrogen and oxygen atoms in total. The van der Waals surface area contributed by atoms with Gasteiger partial charge in [-0.05, 0) is 31.4 Å². The van der Waals surface area contributed by atoms with E-state index in [0.717, 1.165) is 6.42 Å². The second kappa shape index (κ2) is 9.05. The standard InChI is InChI=1S/C18H24N2O5/c1-14(21)20(12-18(23)24)15-6-5-10-19(11-9-15)17(22)13-25-16-7-3-2-4-8-16/h2-4,7-8,15H,5-6,9-13H2,1H3,(H,23,24). The number of para-hydroxylation sites is 1. The van der Waals surface area contributed by atoms with Gasteiger partial charge in [0.1, 0.15) is 12.3 Å². The number of amides is 2. The summed E-state index contributed by atoms with van der Waals surface area (Å²) in [5, 5.41) is 8.98. The summed E-state index contributed by atoms with van der Waals surface area (Å²) in [6, 6.07) is 9.00. The average Bonchev–Trinajstić information content (AvgIpc) is 2.84. The number of benzene rings is 1. The van der Waals surface area contributed by atoms with Crippen molar-refractivity contribution in [2.75, 3.05) is 26.2 Å². The van der Waals surface area contributed by atoms with Crippen LogP contribution in [0.3, 0.4) is 0 Å². The van der Waals surface area contributed by atoms with Crippen molar-refractivity contribution in [2.24, 2.45) is 0 Å². The largest absolute Gasteiger partial charge is 0.484 e. The number of aliphatic carboxylic acids is 1. The highest BCUT2D eigenvalue weighted by molar-refractivity contribution is 5.80. The molecule has 0 aromatic heterocycles. The van der Waals surface area contributed by atoms with E-state index < -0.39 is 5.97 Å². The number of hydrogen-bond donors (Lipinski definition) is 1. The van der Waals surface area contributed by atoms with E-state index in [4.69, 9.17) is 9.84 Å². The number of carboxylic acid groups (broad SMARTS) is 1. The molecule has 0 bridgehead atoms. The maximum Gasteiger partial charge on any atom is 0.323 e. The van der Waals surface area contributed by atoms with Crippen LogP contribution in [0.5, 0.6) is 5.75 Å².